The number of rotatable bonds is 5. The van der Waals surface area contributed by atoms with Gasteiger partial charge in [-0.05, 0) is 29.5 Å². The lowest BCUT2D eigenvalue weighted by Crippen LogP contribution is -2.12. The second kappa shape index (κ2) is 6.30. The number of anilines is 1. The fraction of sp³-hybridized carbons (Fsp3) is 0.533. The first-order valence-electron chi connectivity index (χ1n) is 6.28. The Labute approximate surface area is 110 Å². The van der Waals surface area contributed by atoms with Crippen molar-refractivity contribution in [2.75, 3.05) is 19.0 Å². The summed E-state index contributed by atoms with van der Waals surface area (Å²) < 4.78 is 5.34. The van der Waals surface area contributed by atoms with Gasteiger partial charge in [-0.15, -0.1) is 0 Å². The van der Waals surface area contributed by atoms with E-state index in [1.165, 1.54) is 5.56 Å². The Morgan fingerprint density at radius 2 is 2.06 bits per heavy atom. The molecule has 3 nitrogen and oxygen atoms in total. The molecule has 1 rings (SSSR count). The normalized spacial score (nSPS) is 10.8. The molecule has 1 aromatic carbocycles. The maximum Gasteiger partial charge on any atom is 0.141 e. The van der Waals surface area contributed by atoms with Crippen LogP contribution in [0.3, 0.4) is 0 Å². The number of unbranched alkanes of at least 4 members (excludes halogenated alkanes) is 1. The topological polar surface area (TPSA) is 45.0 Å². The van der Waals surface area contributed by atoms with E-state index in [9.17, 15) is 0 Å². The van der Waals surface area contributed by atoms with Gasteiger partial charge in [-0.25, -0.2) is 0 Å². The third-order valence-corrected chi connectivity index (χ3v) is 2.85. The number of hydrogen-bond donors (Lipinski definition) is 1. The molecule has 0 radical (unpaired) electrons. The van der Waals surface area contributed by atoms with Crippen LogP contribution in [-0.2, 0) is 5.41 Å². The third kappa shape index (κ3) is 3.96. The van der Waals surface area contributed by atoms with Crippen LogP contribution in [0.4, 0.5) is 5.69 Å². The van der Waals surface area contributed by atoms with Gasteiger partial charge in [0.2, 0.25) is 0 Å². The maximum atomic E-state index is 8.51. The molecule has 98 valence electrons. The van der Waals surface area contributed by atoms with Crippen LogP contribution in [0.1, 0.15) is 39.2 Å². The molecule has 1 N–H and O–H groups in total. The van der Waals surface area contributed by atoms with Crippen molar-refractivity contribution < 1.29 is 4.74 Å². The molecule has 0 bridgehead atoms. The van der Waals surface area contributed by atoms with Crippen LogP contribution in [0.15, 0.2) is 18.2 Å². The van der Waals surface area contributed by atoms with Crippen LogP contribution in [0, 0.1) is 11.3 Å². The minimum absolute atomic E-state index is 0.120. The highest BCUT2D eigenvalue weighted by molar-refractivity contribution is 5.59. The van der Waals surface area contributed by atoms with Crippen molar-refractivity contribution in [1.82, 2.24) is 0 Å². The summed E-state index contributed by atoms with van der Waals surface area (Å²) in [5, 5.41) is 11.8. The Morgan fingerprint density at radius 3 is 2.61 bits per heavy atom. The lowest BCUT2D eigenvalue weighted by molar-refractivity contribution is 0.416. The van der Waals surface area contributed by atoms with E-state index in [2.05, 4.69) is 44.3 Å². The molecule has 0 amide bonds. The summed E-state index contributed by atoms with van der Waals surface area (Å²) in [5.74, 6) is 0.847. The van der Waals surface area contributed by atoms with Crippen LogP contribution in [0.25, 0.3) is 0 Å². The molecule has 0 aromatic heterocycles. The van der Waals surface area contributed by atoms with Gasteiger partial charge in [0.05, 0.1) is 18.9 Å². The molecule has 0 saturated heterocycles. The molecular weight excluding hydrogens is 224 g/mol. The Morgan fingerprint density at radius 1 is 1.33 bits per heavy atom. The summed E-state index contributed by atoms with van der Waals surface area (Å²) in [4.78, 5) is 0. The molecule has 0 heterocycles. The molecule has 1 aromatic rings. The first-order chi connectivity index (χ1) is 8.49. The first-order valence-corrected chi connectivity index (χ1v) is 6.28. The fourth-order valence-corrected chi connectivity index (χ4v) is 1.70. The zero-order valence-corrected chi connectivity index (χ0v) is 11.7. The van der Waals surface area contributed by atoms with Crippen LogP contribution in [-0.4, -0.2) is 13.7 Å². The van der Waals surface area contributed by atoms with E-state index in [4.69, 9.17) is 10.00 Å². The summed E-state index contributed by atoms with van der Waals surface area (Å²) in [5.41, 5.74) is 2.39. The minimum atomic E-state index is 0.120. The number of benzene rings is 1. The van der Waals surface area contributed by atoms with E-state index < -0.39 is 0 Å². The van der Waals surface area contributed by atoms with Gasteiger partial charge in [0.25, 0.3) is 0 Å². The van der Waals surface area contributed by atoms with E-state index in [0.29, 0.717) is 6.42 Å². The summed E-state index contributed by atoms with van der Waals surface area (Å²) in [7, 11) is 1.67. The van der Waals surface area contributed by atoms with Crippen molar-refractivity contribution in [3.63, 3.8) is 0 Å². The minimum Gasteiger partial charge on any atom is -0.495 e. The van der Waals surface area contributed by atoms with Crippen LogP contribution >= 0.6 is 0 Å². The van der Waals surface area contributed by atoms with E-state index in [1.54, 1.807) is 7.11 Å². The molecule has 0 aliphatic heterocycles. The van der Waals surface area contributed by atoms with Crippen LogP contribution in [0.2, 0.25) is 0 Å². The van der Waals surface area contributed by atoms with Gasteiger partial charge >= 0.3 is 0 Å². The Balaban J connectivity index is 2.83. The lowest BCUT2D eigenvalue weighted by atomic mass is 9.87. The van der Waals surface area contributed by atoms with E-state index in [1.807, 2.05) is 6.07 Å². The van der Waals surface area contributed by atoms with Gasteiger partial charge in [0, 0.05) is 13.0 Å². The molecule has 0 saturated carbocycles. The van der Waals surface area contributed by atoms with Gasteiger partial charge in [-0.3, -0.25) is 0 Å². The third-order valence-electron chi connectivity index (χ3n) is 2.85. The monoisotopic (exact) mass is 246 g/mol. The first kappa shape index (κ1) is 14.4. The highest BCUT2D eigenvalue weighted by atomic mass is 16.5. The van der Waals surface area contributed by atoms with Crippen LogP contribution < -0.4 is 10.1 Å². The Kier molecular flexibility index (Phi) is 5.03. The smallest absolute Gasteiger partial charge is 0.141 e. The fourth-order valence-electron chi connectivity index (χ4n) is 1.70. The number of methoxy groups -OCH3 is 1. The number of nitrogens with one attached hydrogen (secondary N) is 1. The molecule has 3 heteroatoms. The molecule has 0 aliphatic carbocycles. The lowest BCUT2D eigenvalue weighted by Gasteiger charge is -2.21. The molecule has 0 unspecified atom stereocenters. The van der Waals surface area contributed by atoms with Crippen molar-refractivity contribution >= 4 is 5.69 Å². The number of nitriles is 1. The van der Waals surface area contributed by atoms with Crippen molar-refractivity contribution in [2.45, 2.75) is 39.0 Å². The molecule has 0 fully saturated rings. The predicted octanol–water partition coefficient (Wildman–Crippen LogP) is 3.71. The van der Waals surface area contributed by atoms with Crippen molar-refractivity contribution in [3.05, 3.63) is 23.8 Å². The second-order valence-electron chi connectivity index (χ2n) is 5.35. The zero-order chi connectivity index (χ0) is 13.6. The quantitative estimate of drug-likeness (QED) is 0.805. The largest absolute Gasteiger partial charge is 0.495 e. The SMILES string of the molecule is COc1ccc(C(C)(C)C)cc1NCCCC#N. The van der Waals surface area contributed by atoms with Gasteiger partial charge in [-0.1, -0.05) is 26.8 Å². The molecule has 0 aliphatic rings. The number of hydrogen-bond acceptors (Lipinski definition) is 3. The molecule has 0 atom stereocenters. The Hall–Kier alpha value is -1.69. The van der Waals surface area contributed by atoms with Crippen LogP contribution in [0.5, 0.6) is 5.75 Å². The zero-order valence-electron chi connectivity index (χ0n) is 11.7. The highest BCUT2D eigenvalue weighted by Gasteiger charge is 2.15. The predicted molar refractivity (Wildman–Crippen MR) is 75.0 cm³/mol. The standard InChI is InChI=1S/C15H22N2O/c1-15(2,3)12-7-8-14(18-4)13(11-12)17-10-6-5-9-16/h7-8,11,17H,5-6,10H2,1-4H3. The summed E-state index contributed by atoms with van der Waals surface area (Å²) in [6.07, 6.45) is 1.42. The summed E-state index contributed by atoms with van der Waals surface area (Å²) in [6.45, 7) is 7.36. The molecule has 18 heavy (non-hydrogen) atoms. The molecule has 0 spiro atoms. The van der Waals surface area contributed by atoms with Gasteiger partial charge in [0.1, 0.15) is 5.75 Å². The van der Waals surface area contributed by atoms with Crippen molar-refractivity contribution in [3.8, 4) is 11.8 Å². The van der Waals surface area contributed by atoms with E-state index in [0.717, 1.165) is 24.4 Å². The average molecular weight is 246 g/mol. The van der Waals surface area contributed by atoms with Crippen molar-refractivity contribution in [1.29, 1.82) is 5.26 Å². The van der Waals surface area contributed by atoms with Gasteiger partial charge in [-0.2, -0.15) is 5.26 Å². The van der Waals surface area contributed by atoms with E-state index >= 15 is 0 Å². The average Bonchev–Trinajstić information content (AvgIpc) is 2.33. The van der Waals surface area contributed by atoms with Crippen molar-refractivity contribution in [2.24, 2.45) is 0 Å². The summed E-state index contributed by atoms with van der Waals surface area (Å²) >= 11 is 0. The molecular formula is C15H22N2O. The van der Waals surface area contributed by atoms with E-state index in [-0.39, 0.29) is 5.41 Å². The Bertz CT molecular complexity index is 427. The van der Waals surface area contributed by atoms with Gasteiger partial charge < -0.3 is 10.1 Å². The summed E-state index contributed by atoms with van der Waals surface area (Å²) in [6, 6.07) is 8.37. The highest BCUT2D eigenvalue weighted by Crippen LogP contribution is 2.31. The van der Waals surface area contributed by atoms with Gasteiger partial charge in [0.15, 0.2) is 0 Å². The maximum absolute atomic E-state index is 8.51. The second-order valence-corrected chi connectivity index (χ2v) is 5.35. The number of ether oxygens (including phenoxy) is 1. The number of nitrogens with zero attached hydrogens (tertiary/aromatic N) is 1.